The highest BCUT2D eigenvalue weighted by atomic mass is 35.5. The summed E-state index contributed by atoms with van der Waals surface area (Å²) < 4.78 is 5.33. The second-order valence-corrected chi connectivity index (χ2v) is 4.17. The highest BCUT2D eigenvalue weighted by molar-refractivity contribution is 6.29. The molecule has 92 valence electrons. The lowest BCUT2D eigenvalue weighted by molar-refractivity contribution is -0.149. The molecule has 1 aliphatic rings. The molecule has 17 heavy (non-hydrogen) atoms. The average Bonchev–Trinajstić information content (AvgIpc) is 2.77. The van der Waals surface area contributed by atoms with Crippen LogP contribution in [0.4, 0.5) is 5.82 Å². The number of carbonyl (C=O) groups is 1. The van der Waals surface area contributed by atoms with Gasteiger partial charge in [-0.05, 0) is 25.0 Å². The van der Waals surface area contributed by atoms with Gasteiger partial charge in [0.2, 0.25) is 0 Å². The Morgan fingerprint density at radius 1 is 1.53 bits per heavy atom. The zero-order valence-corrected chi connectivity index (χ0v) is 9.72. The molecule has 0 aromatic carbocycles. The van der Waals surface area contributed by atoms with Gasteiger partial charge in [-0.15, -0.1) is 10.2 Å². The molecule has 2 heterocycles. The minimum absolute atomic E-state index is 0.103. The summed E-state index contributed by atoms with van der Waals surface area (Å²) >= 11 is 5.60. The zero-order chi connectivity index (χ0) is 12.3. The Balaban J connectivity index is 1.80. The molecule has 0 bridgehead atoms. The molecule has 2 N–H and O–H groups in total. The molecule has 0 amide bonds. The quantitative estimate of drug-likeness (QED) is 0.842. The summed E-state index contributed by atoms with van der Waals surface area (Å²) in [5, 5.41) is 19.6. The first-order valence-electron chi connectivity index (χ1n) is 5.26. The maximum absolute atomic E-state index is 10.7. The number of aliphatic carboxylic acids is 1. The molecule has 0 saturated carbocycles. The predicted molar refractivity (Wildman–Crippen MR) is 61.1 cm³/mol. The maximum Gasteiger partial charge on any atom is 0.332 e. The largest absolute Gasteiger partial charge is 0.479 e. The minimum Gasteiger partial charge on any atom is -0.479 e. The second kappa shape index (κ2) is 5.29. The number of halogens is 1. The summed E-state index contributed by atoms with van der Waals surface area (Å²) in [6.07, 6.45) is 0.491. The van der Waals surface area contributed by atoms with Gasteiger partial charge in [0.15, 0.2) is 11.3 Å². The Kier molecular flexibility index (Phi) is 3.75. The van der Waals surface area contributed by atoms with Gasteiger partial charge in [-0.3, -0.25) is 0 Å². The van der Waals surface area contributed by atoms with E-state index < -0.39 is 12.1 Å². The van der Waals surface area contributed by atoms with Gasteiger partial charge in [0, 0.05) is 6.54 Å². The molecule has 0 aliphatic carbocycles. The van der Waals surface area contributed by atoms with Crippen molar-refractivity contribution < 1.29 is 14.6 Å². The molecule has 1 fully saturated rings. The molecule has 7 heteroatoms. The highest BCUT2D eigenvalue weighted by Crippen LogP contribution is 2.20. The maximum atomic E-state index is 10.7. The predicted octanol–water partition coefficient (Wildman–Crippen LogP) is 1.17. The number of hydrogen-bond donors (Lipinski definition) is 2. The van der Waals surface area contributed by atoms with Gasteiger partial charge in [-0.25, -0.2) is 4.79 Å². The van der Waals surface area contributed by atoms with Crippen LogP contribution in [0.1, 0.15) is 12.8 Å². The Morgan fingerprint density at radius 3 is 2.94 bits per heavy atom. The SMILES string of the molecule is O=C(O)C1CCC(CNc2ccc(Cl)nn2)O1. The third kappa shape index (κ3) is 3.28. The number of hydrogen-bond acceptors (Lipinski definition) is 5. The summed E-state index contributed by atoms with van der Waals surface area (Å²) in [5.41, 5.74) is 0. The first kappa shape index (κ1) is 12.1. The smallest absolute Gasteiger partial charge is 0.332 e. The van der Waals surface area contributed by atoms with Crippen molar-refractivity contribution in [2.24, 2.45) is 0 Å². The number of nitrogens with zero attached hydrogens (tertiary/aromatic N) is 2. The van der Waals surface area contributed by atoms with Crippen LogP contribution in [0.25, 0.3) is 0 Å². The van der Waals surface area contributed by atoms with Gasteiger partial charge in [0.25, 0.3) is 0 Å². The molecule has 1 saturated heterocycles. The van der Waals surface area contributed by atoms with Crippen LogP contribution < -0.4 is 5.32 Å². The first-order chi connectivity index (χ1) is 8.15. The monoisotopic (exact) mass is 257 g/mol. The van der Waals surface area contributed by atoms with Crippen molar-refractivity contribution in [3.05, 3.63) is 17.3 Å². The summed E-state index contributed by atoms with van der Waals surface area (Å²) in [5.74, 6) is -0.310. The summed E-state index contributed by atoms with van der Waals surface area (Å²) in [4.78, 5) is 10.7. The van der Waals surface area contributed by atoms with Gasteiger partial charge >= 0.3 is 5.97 Å². The van der Waals surface area contributed by atoms with E-state index in [4.69, 9.17) is 21.4 Å². The topological polar surface area (TPSA) is 84.3 Å². The van der Waals surface area contributed by atoms with Gasteiger partial charge in [-0.2, -0.15) is 0 Å². The molecule has 2 atom stereocenters. The van der Waals surface area contributed by atoms with E-state index in [2.05, 4.69) is 15.5 Å². The number of carboxylic acid groups (broad SMARTS) is 1. The van der Waals surface area contributed by atoms with Crippen LogP contribution in [0.15, 0.2) is 12.1 Å². The van der Waals surface area contributed by atoms with Crippen molar-refractivity contribution >= 4 is 23.4 Å². The first-order valence-corrected chi connectivity index (χ1v) is 5.64. The number of aromatic nitrogens is 2. The fraction of sp³-hybridized carbons (Fsp3) is 0.500. The number of carboxylic acids is 1. The van der Waals surface area contributed by atoms with E-state index in [1.807, 2.05) is 0 Å². The number of nitrogens with one attached hydrogen (secondary N) is 1. The van der Waals surface area contributed by atoms with Crippen LogP contribution in [-0.4, -0.2) is 40.0 Å². The molecule has 2 rings (SSSR count). The Labute approximate surface area is 103 Å². The van der Waals surface area contributed by atoms with Crippen molar-refractivity contribution in [1.29, 1.82) is 0 Å². The third-order valence-electron chi connectivity index (χ3n) is 2.53. The van der Waals surface area contributed by atoms with E-state index in [1.54, 1.807) is 12.1 Å². The van der Waals surface area contributed by atoms with Gasteiger partial charge in [0.05, 0.1) is 6.10 Å². The Bertz CT molecular complexity index is 398. The number of ether oxygens (including phenoxy) is 1. The van der Waals surface area contributed by atoms with Gasteiger partial charge in [0.1, 0.15) is 5.82 Å². The standard InChI is InChI=1S/C10H12ClN3O3/c11-8-3-4-9(14-13-8)12-5-6-1-2-7(17-6)10(15)16/h3-4,6-7H,1-2,5H2,(H,12,14)(H,15,16). The molecular formula is C10H12ClN3O3. The highest BCUT2D eigenvalue weighted by Gasteiger charge is 2.30. The molecule has 0 radical (unpaired) electrons. The average molecular weight is 258 g/mol. The van der Waals surface area contributed by atoms with E-state index in [1.165, 1.54) is 0 Å². The lowest BCUT2D eigenvalue weighted by atomic mass is 10.2. The molecule has 1 aliphatic heterocycles. The number of rotatable bonds is 4. The minimum atomic E-state index is -0.904. The van der Waals surface area contributed by atoms with Crippen molar-refractivity contribution in [2.45, 2.75) is 25.0 Å². The van der Waals surface area contributed by atoms with Crippen molar-refractivity contribution in [3.63, 3.8) is 0 Å². The molecular weight excluding hydrogens is 246 g/mol. The summed E-state index contributed by atoms with van der Waals surface area (Å²) in [6.45, 7) is 0.514. The van der Waals surface area contributed by atoms with E-state index in [0.29, 0.717) is 23.9 Å². The Morgan fingerprint density at radius 2 is 2.35 bits per heavy atom. The lowest BCUT2D eigenvalue weighted by Crippen LogP contribution is -2.24. The summed E-state index contributed by atoms with van der Waals surface area (Å²) in [6, 6.07) is 3.34. The molecule has 2 unspecified atom stereocenters. The fourth-order valence-corrected chi connectivity index (χ4v) is 1.77. The Hall–Kier alpha value is -1.40. The van der Waals surface area contributed by atoms with E-state index in [9.17, 15) is 4.79 Å². The van der Waals surface area contributed by atoms with Crippen molar-refractivity contribution in [1.82, 2.24) is 10.2 Å². The number of anilines is 1. The second-order valence-electron chi connectivity index (χ2n) is 3.78. The van der Waals surface area contributed by atoms with Crippen LogP contribution in [-0.2, 0) is 9.53 Å². The van der Waals surface area contributed by atoms with E-state index >= 15 is 0 Å². The normalized spacial score (nSPS) is 23.6. The molecule has 6 nitrogen and oxygen atoms in total. The van der Waals surface area contributed by atoms with E-state index in [0.717, 1.165) is 6.42 Å². The van der Waals surface area contributed by atoms with E-state index in [-0.39, 0.29) is 6.10 Å². The van der Waals surface area contributed by atoms with Crippen molar-refractivity contribution in [3.8, 4) is 0 Å². The van der Waals surface area contributed by atoms with Crippen LogP contribution >= 0.6 is 11.6 Å². The zero-order valence-electron chi connectivity index (χ0n) is 8.97. The molecule has 1 aromatic heterocycles. The van der Waals surface area contributed by atoms with Crippen LogP contribution in [0.2, 0.25) is 5.15 Å². The molecule has 1 aromatic rings. The van der Waals surface area contributed by atoms with Crippen molar-refractivity contribution in [2.75, 3.05) is 11.9 Å². The fourth-order valence-electron chi connectivity index (χ4n) is 1.67. The third-order valence-corrected chi connectivity index (χ3v) is 2.73. The van der Waals surface area contributed by atoms with Gasteiger partial charge < -0.3 is 15.2 Å². The van der Waals surface area contributed by atoms with Crippen LogP contribution in [0.3, 0.4) is 0 Å². The lowest BCUT2D eigenvalue weighted by Gasteiger charge is -2.12. The van der Waals surface area contributed by atoms with Crippen LogP contribution in [0, 0.1) is 0 Å². The molecule has 0 spiro atoms. The van der Waals surface area contributed by atoms with Gasteiger partial charge in [-0.1, -0.05) is 11.6 Å². The van der Waals surface area contributed by atoms with Crippen LogP contribution in [0.5, 0.6) is 0 Å². The summed E-state index contributed by atoms with van der Waals surface area (Å²) in [7, 11) is 0.